The van der Waals surface area contributed by atoms with E-state index in [1.165, 1.54) is 16.4 Å². The zero-order valence-electron chi connectivity index (χ0n) is 19.3. The Morgan fingerprint density at radius 3 is 2.14 bits per heavy atom. The Labute approximate surface area is 216 Å². The summed E-state index contributed by atoms with van der Waals surface area (Å²) in [5.41, 5.74) is 0.594. The Bertz CT molecular complexity index is 1170. The fraction of sp³-hybridized carbons (Fsp3) is 0.440. The van der Waals surface area contributed by atoms with Gasteiger partial charge in [0.2, 0.25) is 15.9 Å². The summed E-state index contributed by atoms with van der Waals surface area (Å²) < 4.78 is 27.5. The number of sulfonamides is 1. The lowest BCUT2D eigenvalue weighted by molar-refractivity contribution is -0.127. The Balaban J connectivity index is 1.34. The lowest BCUT2D eigenvalue weighted by Gasteiger charge is -2.35. The molecule has 4 rings (SSSR count). The number of carbonyl (C=O) groups is 2. The van der Waals surface area contributed by atoms with Crippen LogP contribution in [0.25, 0.3) is 0 Å². The van der Waals surface area contributed by atoms with Crippen molar-refractivity contribution in [3.8, 4) is 0 Å². The van der Waals surface area contributed by atoms with Gasteiger partial charge >= 0.3 is 0 Å². The average molecular weight is 538 g/mol. The van der Waals surface area contributed by atoms with E-state index in [9.17, 15) is 18.0 Å². The summed E-state index contributed by atoms with van der Waals surface area (Å²) in [6.07, 6.45) is 4.41. The van der Waals surface area contributed by atoms with Gasteiger partial charge < -0.3 is 10.6 Å². The minimum absolute atomic E-state index is 0.0197. The maximum atomic E-state index is 13.1. The lowest BCUT2D eigenvalue weighted by atomic mass is 9.88. The summed E-state index contributed by atoms with van der Waals surface area (Å²) in [5, 5.41) is 6.64. The number of piperidine rings is 1. The van der Waals surface area contributed by atoms with Gasteiger partial charge in [0.25, 0.3) is 5.91 Å². The first-order chi connectivity index (χ1) is 16.8. The van der Waals surface area contributed by atoms with Crippen molar-refractivity contribution in [1.82, 2.24) is 14.9 Å². The van der Waals surface area contributed by atoms with E-state index >= 15 is 0 Å². The minimum atomic E-state index is -3.80. The van der Waals surface area contributed by atoms with Gasteiger partial charge in [-0.3, -0.25) is 9.59 Å². The normalized spacial score (nSPS) is 21.9. The van der Waals surface area contributed by atoms with Crippen molar-refractivity contribution in [3.05, 3.63) is 64.1 Å². The molecular formula is C25H29Cl2N3O4S. The molecule has 10 heteroatoms. The molecule has 188 valence electrons. The molecule has 2 N–H and O–H groups in total. The SMILES string of the molecule is O=C(N[C@@H]1CCCCC1NC(=O)C1CCN(S(=O)(=O)c2cc(Cl)ccc2Cl)CC1)c1ccccc1. The zero-order chi connectivity index (χ0) is 25.0. The molecule has 7 nitrogen and oxygen atoms in total. The molecule has 1 heterocycles. The van der Waals surface area contributed by atoms with Crippen LogP contribution in [0.1, 0.15) is 48.9 Å². The molecule has 0 radical (unpaired) electrons. The zero-order valence-corrected chi connectivity index (χ0v) is 21.6. The van der Waals surface area contributed by atoms with Crippen LogP contribution in [-0.4, -0.2) is 49.7 Å². The Morgan fingerprint density at radius 1 is 0.857 bits per heavy atom. The molecule has 1 aliphatic carbocycles. The lowest BCUT2D eigenvalue weighted by Crippen LogP contribution is -2.55. The second-order valence-electron chi connectivity index (χ2n) is 9.10. The van der Waals surface area contributed by atoms with Crippen LogP contribution in [-0.2, 0) is 14.8 Å². The number of nitrogens with one attached hydrogen (secondary N) is 2. The summed E-state index contributed by atoms with van der Waals surface area (Å²) in [6.45, 7) is 0.449. The van der Waals surface area contributed by atoms with E-state index in [2.05, 4.69) is 10.6 Å². The van der Waals surface area contributed by atoms with Crippen LogP contribution in [0.3, 0.4) is 0 Å². The Hall–Kier alpha value is -2.13. The van der Waals surface area contributed by atoms with E-state index in [-0.39, 0.29) is 52.8 Å². The van der Waals surface area contributed by atoms with Crippen LogP contribution in [0.2, 0.25) is 10.0 Å². The number of hydrogen-bond donors (Lipinski definition) is 2. The molecule has 0 aromatic heterocycles. The number of benzene rings is 2. The molecule has 0 bridgehead atoms. The molecule has 2 aromatic rings. The smallest absolute Gasteiger partial charge is 0.251 e. The maximum absolute atomic E-state index is 13.1. The summed E-state index contributed by atoms with van der Waals surface area (Å²) >= 11 is 12.1. The third-order valence-electron chi connectivity index (χ3n) is 6.78. The molecule has 0 spiro atoms. The van der Waals surface area contributed by atoms with Crippen molar-refractivity contribution in [2.24, 2.45) is 5.92 Å². The molecule has 2 aliphatic rings. The van der Waals surface area contributed by atoms with Gasteiger partial charge in [-0.05, 0) is 56.0 Å². The highest BCUT2D eigenvalue weighted by Gasteiger charge is 2.35. The molecule has 1 unspecified atom stereocenters. The van der Waals surface area contributed by atoms with Gasteiger partial charge in [0.15, 0.2) is 0 Å². The van der Waals surface area contributed by atoms with Crippen LogP contribution in [0.4, 0.5) is 0 Å². The van der Waals surface area contributed by atoms with E-state index in [0.717, 1.165) is 25.7 Å². The average Bonchev–Trinajstić information content (AvgIpc) is 2.87. The highest BCUT2D eigenvalue weighted by molar-refractivity contribution is 7.89. The van der Waals surface area contributed by atoms with Crippen molar-refractivity contribution in [2.45, 2.75) is 55.5 Å². The number of rotatable bonds is 6. The fourth-order valence-corrected chi connectivity index (χ4v) is 7.00. The molecule has 2 amide bonds. The first-order valence-corrected chi connectivity index (χ1v) is 14.1. The second-order valence-corrected chi connectivity index (χ2v) is 11.8. The predicted octanol–water partition coefficient (Wildman–Crippen LogP) is 4.25. The van der Waals surface area contributed by atoms with E-state index in [0.29, 0.717) is 23.4 Å². The minimum Gasteiger partial charge on any atom is -0.351 e. The summed E-state index contributed by atoms with van der Waals surface area (Å²) in [7, 11) is -3.80. The number of halogens is 2. The van der Waals surface area contributed by atoms with Crippen LogP contribution in [0.5, 0.6) is 0 Å². The third kappa shape index (κ3) is 6.17. The van der Waals surface area contributed by atoms with E-state index < -0.39 is 10.0 Å². The highest BCUT2D eigenvalue weighted by Crippen LogP contribution is 2.30. The quantitative estimate of drug-likeness (QED) is 0.575. The van der Waals surface area contributed by atoms with Crippen molar-refractivity contribution < 1.29 is 18.0 Å². The Morgan fingerprint density at radius 2 is 1.49 bits per heavy atom. The number of hydrogen-bond acceptors (Lipinski definition) is 4. The molecule has 35 heavy (non-hydrogen) atoms. The van der Waals surface area contributed by atoms with Gasteiger partial charge in [-0.25, -0.2) is 8.42 Å². The van der Waals surface area contributed by atoms with Crippen LogP contribution in [0, 0.1) is 5.92 Å². The highest BCUT2D eigenvalue weighted by atomic mass is 35.5. The number of carbonyl (C=O) groups excluding carboxylic acids is 2. The molecule has 2 aromatic carbocycles. The number of nitrogens with zero attached hydrogens (tertiary/aromatic N) is 1. The van der Waals surface area contributed by atoms with Crippen LogP contribution < -0.4 is 10.6 Å². The van der Waals surface area contributed by atoms with Gasteiger partial charge in [-0.1, -0.05) is 54.2 Å². The van der Waals surface area contributed by atoms with Gasteiger partial charge in [0.1, 0.15) is 4.90 Å². The molecular weight excluding hydrogens is 509 g/mol. The summed E-state index contributed by atoms with van der Waals surface area (Å²) in [5.74, 6) is -0.521. The molecule has 2 atom stereocenters. The Kier molecular flexibility index (Phi) is 8.37. The van der Waals surface area contributed by atoms with Gasteiger partial charge in [-0.15, -0.1) is 0 Å². The third-order valence-corrected chi connectivity index (χ3v) is 9.40. The van der Waals surface area contributed by atoms with Gasteiger partial charge in [-0.2, -0.15) is 4.31 Å². The predicted molar refractivity (Wildman–Crippen MR) is 136 cm³/mol. The second kappa shape index (κ2) is 11.3. The fourth-order valence-electron chi connectivity index (χ4n) is 4.79. The van der Waals surface area contributed by atoms with Gasteiger partial charge in [0.05, 0.1) is 5.02 Å². The largest absolute Gasteiger partial charge is 0.351 e. The maximum Gasteiger partial charge on any atom is 0.251 e. The topological polar surface area (TPSA) is 95.6 Å². The van der Waals surface area contributed by atoms with Crippen LogP contribution in [0.15, 0.2) is 53.4 Å². The summed E-state index contributed by atoms with van der Waals surface area (Å²) in [6, 6.07) is 13.1. The van der Waals surface area contributed by atoms with E-state index in [1.54, 1.807) is 18.2 Å². The van der Waals surface area contributed by atoms with E-state index in [4.69, 9.17) is 23.2 Å². The van der Waals surface area contributed by atoms with Crippen molar-refractivity contribution in [2.75, 3.05) is 13.1 Å². The molecule has 1 saturated carbocycles. The standard InChI is InChI=1S/C25H29Cl2N3O4S/c26-19-10-11-20(27)23(16-19)35(33,34)30-14-12-18(13-15-30)25(32)29-22-9-5-4-8-21(22)28-24(31)17-6-2-1-3-7-17/h1-3,6-7,10-11,16,18,21-22H,4-5,8-9,12-15H2,(H,28,31)(H,29,32)/t21-,22?/m1/s1. The van der Waals surface area contributed by atoms with Crippen molar-refractivity contribution in [1.29, 1.82) is 0 Å². The molecule has 1 aliphatic heterocycles. The first-order valence-electron chi connectivity index (χ1n) is 11.9. The molecule has 1 saturated heterocycles. The molecule has 2 fully saturated rings. The van der Waals surface area contributed by atoms with Gasteiger partial charge in [0, 0.05) is 41.7 Å². The van der Waals surface area contributed by atoms with E-state index in [1.807, 2.05) is 18.2 Å². The monoisotopic (exact) mass is 537 g/mol. The van der Waals surface area contributed by atoms with Crippen LogP contribution >= 0.6 is 23.2 Å². The van der Waals surface area contributed by atoms with Crippen molar-refractivity contribution in [3.63, 3.8) is 0 Å². The van der Waals surface area contributed by atoms with Crippen molar-refractivity contribution >= 4 is 45.0 Å². The summed E-state index contributed by atoms with van der Waals surface area (Å²) in [4.78, 5) is 25.7. The number of amides is 2. The first kappa shape index (κ1) is 25.9.